The number of amides is 1. The first-order valence-electron chi connectivity index (χ1n) is 9.20. The molecule has 28 heavy (non-hydrogen) atoms. The second-order valence-corrected chi connectivity index (χ2v) is 6.89. The van der Waals surface area contributed by atoms with Gasteiger partial charge in [-0.25, -0.2) is 4.39 Å². The first-order chi connectivity index (χ1) is 13.4. The van der Waals surface area contributed by atoms with Crippen LogP contribution in [0.1, 0.15) is 12.5 Å². The zero-order valence-electron chi connectivity index (χ0n) is 15.6. The van der Waals surface area contributed by atoms with Crippen molar-refractivity contribution in [2.24, 2.45) is 0 Å². The van der Waals surface area contributed by atoms with Crippen LogP contribution < -0.4 is 9.64 Å². The lowest BCUT2D eigenvalue weighted by atomic mass is 10.2. The number of rotatable bonds is 6. The van der Waals surface area contributed by atoms with E-state index in [-0.39, 0.29) is 17.4 Å². The lowest BCUT2D eigenvalue weighted by molar-refractivity contribution is -0.917. The molecule has 2 aromatic rings. The van der Waals surface area contributed by atoms with Gasteiger partial charge in [0.25, 0.3) is 11.6 Å². The van der Waals surface area contributed by atoms with Gasteiger partial charge >= 0.3 is 0 Å². The standard InChI is InChI=1S/C20H22FN3O4/c1-15(28-19-7-5-18(6-8-19)24(26)27)20(25)23-11-9-22(10-12-23)14-16-3-2-4-17(21)13-16/h2-8,13,15H,9-12,14H2,1H3/p+1/t15-/m1/s1. The summed E-state index contributed by atoms with van der Waals surface area (Å²) in [6.07, 6.45) is -0.675. The normalized spacial score (nSPS) is 15.9. The molecule has 1 aliphatic rings. The highest BCUT2D eigenvalue weighted by molar-refractivity contribution is 5.81. The Morgan fingerprint density at radius 1 is 1.25 bits per heavy atom. The summed E-state index contributed by atoms with van der Waals surface area (Å²) in [5.74, 6) is 0.0768. The van der Waals surface area contributed by atoms with Gasteiger partial charge in [0.05, 0.1) is 31.1 Å². The van der Waals surface area contributed by atoms with Crippen LogP contribution in [0.2, 0.25) is 0 Å². The van der Waals surface area contributed by atoms with Crippen molar-refractivity contribution < 1.29 is 23.7 Å². The summed E-state index contributed by atoms with van der Waals surface area (Å²) < 4.78 is 18.9. The highest BCUT2D eigenvalue weighted by Gasteiger charge is 2.28. The fourth-order valence-electron chi connectivity index (χ4n) is 3.31. The van der Waals surface area contributed by atoms with E-state index in [1.165, 1.54) is 35.2 Å². The minimum atomic E-state index is -0.675. The third kappa shape index (κ3) is 5.04. The van der Waals surface area contributed by atoms with E-state index in [0.717, 1.165) is 25.2 Å². The van der Waals surface area contributed by atoms with Crippen molar-refractivity contribution in [3.63, 3.8) is 0 Å². The van der Waals surface area contributed by atoms with E-state index in [1.807, 2.05) is 6.07 Å². The summed E-state index contributed by atoms with van der Waals surface area (Å²) in [4.78, 5) is 25.9. The molecule has 1 N–H and O–H groups in total. The number of carbonyl (C=O) groups is 1. The molecule has 7 nitrogen and oxygen atoms in total. The molecular weight excluding hydrogens is 365 g/mol. The number of ether oxygens (including phenoxy) is 1. The summed E-state index contributed by atoms with van der Waals surface area (Å²) in [5.41, 5.74) is 0.924. The van der Waals surface area contributed by atoms with Gasteiger partial charge in [0.15, 0.2) is 6.10 Å². The number of nitro groups is 1. The third-order valence-corrected chi connectivity index (χ3v) is 4.83. The van der Waals surface area contributed by atoms with Crippen molar-refractivity contribution in [2.75, 3.05) is 26.2 Å². The van der Waals surface area contributed by atoms with Crippen molar-refractivity contribution in [3.05, 3.63) is 70.0 Å². The van der Waals surface area contributed by atoms with Gasteiger partial charge in [0, 0.05) is 17.7 Å². The van der Waals surface area contributed by atoms with Gasteiger partial charge in [-0.3, -0.25) is 14.9 Å². The van der Waals surface area contributed by atoms with Crippen LogP contribution in [0.4, 0.5) is 10.1 Å². The zero-order chi connectivity index (χ0) is 20.1. The molecule has 1 atom stereocenters. The van der Waals surface area contributed by atoms with Crippen molar-refractivity contribution >= 4 is 11.6 Å². The van der Waals surface area contributed by atoms with Gasteiger partial charge in [-0.05, 0) is 31.2 Å². The molecule has 0 bridgehead atoms. The minimum absolute atomic E-state index is 0.0243. The largest absolute Gasteiger partial charge is 0.481 e. The molecule has 0 saturated carbocycles. The monoisotopic (exact) mass is 388 g/mol. The molecule has 0 unspecified atom stereocenters. The van der Waals surface area contributed by atoms with Crippen LogP contribution in [0.3, 0.4) is 0 Å². The number of halogens is 1. The molecule has 1 amide bonds. The number of hydrogen-bond acceptors (Lipinski definition) is 4. The van der Waals surface area contributed by atoms with Gasteiger partial charge in [0.2, 0.25) is 0 Å². The van der Waals surface area contributed by atoms with E-state index >= 15 is 0 Å². The van der Waals surface area contributed by atoms with Crippen LogP contribution >= 0.6 is 0 Å². The molecular formula is C20H23FN3O4+. The maximum atomic E-state index is 13.3. The quantitative estimate of drug-likeness (QED) is 0.600. The van der Waals surface area contributed by atoms with E-state index in [1.54, 1.807) is 24.0 Å². The molecule has 0 radical (unpaired) electrons. The zero-order valence-corrected chi connectivity index (χ0v) is 15.6. The number of piperazine rings is 1. The highest BCUT2D eigenvalue weighted by atomic mass is 19.1. The van der Waals surface area contributed by atoms with Gasteiger partial charge in [-0.2, -0.15) is 0 Å². The van der Waals surface area contributed by atoms with Crippen LogP contribution in [0, 0.1) is 15.9 Å². The predicted octanol–water partition coefficient (Wildman–Crippen LogP) is 1.43. The maximum Gasteiger partial charge on any atom is 0.269 e. The topological polar surface area (TPSA) is 77.1 Å². The number of nitrogens with one attached hydrogen (secondary N) is 1. The van der Waals surface area contributed by atoms with Gasteiger partial charge in [0.1, 0.15) is 18.1 Å². The number of quaternary nitrogens is 1. The Hall–Kier alpha value is -3.00. The Labute approximate surface area is 162 Å². The number of nitrogens with zero attached hydrogens (tertiary/aromatic N) is 2. The molecule has 3 rings (SSSR count). The van der Waals surface area contributed by atoms with Crippen LogP contribution in [0.25, 0.3) is 0 Å². The number of non-ortho nitro benzene ring substituents is 1. The molecule has 1 saturated heterocycles. The Morgan fingerprint density at radius 3 is 2.54 bits per heavy atom. The second-order valence-electron chi connectivity index (χ2n) is 6.89. The number of nitro benzene ring substituents is 1. The van der Waals surface area contributed by atoms with Gasteiger partial charge < -0.3 is 14.5 Å². The predicted molar refractivity (Wildman–Crippen MR) is 101 cm³/mol. The smallest absolute Gasteiger partial charge is 0.269 e. The minimum Gasteiger partial charge on any atom is -0.481 e. The summed E-state index contributed by atoms with van der Waals surface area (Å²) in [6.45, 7) is 5.19. The van der Waals surface area contributed by atoms with Crippen molar-refractivity contribution in [3.8, 4) is 5.75 Å². The molecule has 1 fully saturated rings. The fraction of sp³-hybridized carbons (Fsp3) is 0.350. The Kier molecular flexibility index (Phi) is 6.20. The van der Waals surface area contributed by atoms with Gasteiger partial charge in [-0.15, -0.1) is 0 Å². The average Bonchev–Trinajstić information content (AvgIpc) is 2.68. The summed E-state index contributed by atoms with van der Waals surface area (Å²) in [7, 11) is 0. The first kappa shape index (κ1) is 19.8. The molecule has 0 spiro atoms. The average molecular weight is 388 g/mol. The Morgan fingerprint density at radius 2 is 1.93 bits per heavy atom. The van der Waals surface area contributed by atoms with Crippen molar-refractivity contribution in [1.29, 1.82) is 0 Å². The second kappa shape index (κ2) is 8.79. The maximum absolute atomic E-state index is 13.3. The molecule has 0 aliphatic carbocycles. The van der Waals surface area contributed by atoms with E-state index in [2.05, 4.69) is 0 Å². The summed E-state index contributed by atoms with van der Waals surface area (Å²) >= 11 is 0. The van der Waals surface area contributed by atoms with Crippen molar-refractivity contribution in [1.82, 2.24) is 4.90 Å². The fourth-order valence-corrected chi connectivity index (χ4v) is 3.31. The lowest BCUT2D eigenvalue weighted by Crippen LogP contribution is -3.13. The molecule has 8 heteroatoms. The lowest BCUT2D eigenvalue weighted by Gasteiger charge is -2.33. The molecule has 0 aromatic heterocycles. The Bertz CT molecular complexity index is 836. The number of benzene rings is 2. The van der Waals surface area contributed by atoms with E-state index in [9.17, 15) is 19.3 Å². The summed E-state index contributed by atoms with van der Waals surface area (Å²) in [6, 6.07) is 12.3. The molecule has 1 heterocycles. The SMILES string of the molecule is C[C@@H](Oc1ccc([N+](=O)[O-])cc1)C(=O)N1CC[NH+](Cc2cccc(F)c2)CC1. The highest BCUT2D eigenvalue weighted by Crippen LogP contribution is 2.19. The van der Waals surface area contributed by atoms with Crippen LogP contribution in [0.5, 0.6) is 5.75 Å². The van der Waals surface area contributed by atoms with E-state index in [0.29, 0.717) is 18.8 Å². The number of carbonyl (C=O) groups excluding carboxylic acids is 1. The van der Waals surface area contributed by atoms with Gasteiger partial charge in [-0.1, -0.05) is 12.1 Å². The summed E-state index contributed by atoms with van der Waals surface area (Å²) in [5, 5.41) is 10.7. The molecule has 2 aromatic carbocycles. The van der Waals surface area contributed by atoms with Crippen LogP contribution in [0.15, 0.2) is 48.5 Å². The van der Waals surface area contributed by atoms with Crippen molar-refractivity contribution in [2.45, 2.75) is 19.6 Å². The van der Waals surface area contributed by atoms with Crippen LogP contribution in [-0.2, 0) is 11.3 Å². The Balaban J connectivity index is 1.49. The molecule has 148 valence electrons. The van der Waals surface area contributed by atoms with E-state index < -0.39 is 11.0 Å². The third-order valence-electron chi connectivity index (χ3n) is 4.83. The molecule has 1 aliphatic heterocycles. The number of hydrogen-bond donors (Lipinski definition) is 1. The first-order valence-corrected chi connectivity index (χ1v) is 9.20. The van der Waals surface area contributed by atoms with E-state index in [4.69, 9.17) is 4.74 Å². The van der Waals surface area contributed by atoms with Crippen LogP contribution in [-0.4, -0.2) is 48.0 Å².